The van der Waals surface area contributed by atoms with Crippen LogP contribution in [-0.2, 0) is 4.74 Å². The summed E-state index contributed by atoms with van der Waals surface area (Å²) in [7, 11) is 1.71. The van der Waals surface area contributed by atoms with E-state index in [9.17, 15) is 0 Å². The van der Waals surface area contributed by atoms with Gasteiger partial charge in [0.2, 0.25) is 0 Å². The summed E-state index contributed by atoms with van der Waals surface area (Å²) >= 11 is 12.2. The van der Waals surface area contributed by atoms with Crippen molar-refractivity contribution in [3.05, 3.63) is 81.9 Å². The van der Waals surface area contributed by atoms with Gasteiger partial charge in [-0.3, -0.25) is 4.98 Å². The van der Waals surface area contributed by atoms with Gasteiger partial charge in [-0.25, -0.2) is 0 Å². The van der Waals surface area contributed by atoms with Gasteiger partial charge in [-0.15, -0.1) is 0 Å². The molecule has 1 saturated heterocycles. The van der Waals surface area contributed by atoms with Gasteiger partial charge in [-0.05, 0) is 74.4 Å². The van der Waals surface area contributed by atoms with E-state index in [0.29, 0.717) is 13.2 Å². The molecule has 5 nitrogen and oxygen atoms in total. The van der Waals surface area contributed by atoms with Crippen molar-refractivity contribution in [3.8, 4) is 5.69 Å². The fourth-order valence-corrected chi connectivity index (χ4v) is 4.97. The Balaban J connectivity index is 1.84. The van der Waals surface area contributed by atoms with Crippen LogP contribution in [0, 0.1) is 20.8 Å². The summed E-state index contributed by atoms with van der Waals surface area (Å²) in [6.45, 7) is 7.65. The molecule has 31 heavy (non-hydrogen) atoms. The Morgan fingerprint density at radius 3 is 2.68 bits per heavy atom. The van der Waals surface area contributed by atoms with E-state index in [0.717, 1.165) is 32.8 Å². The normalized spacial score (nSPS) is 18.5. The molecule has 0 radical (unpaired) electrons. The van der Waals surface area contributed by atoms with Crippen molar-refractivity contribution in [2.45, 2.75) is 32.9 Å². The van der Waals surface area contributed by atoms with Gasteiger partial charge in [0.1, 0.15) is 0 Å². The lowest BCUT2D eigenvalue weighted by atomic mass is 9.97. The molecule has 3 aromatic rings. The zero-order chi connectivity index (χ0) is 22.1. The highest BCUT2D eigenvalue weighted by Gasteiger charge is 2.41. The van der Waals surface area contributed by atoms with Gasteiger partial charge < -0.3 is 19.5 Å². The van der Waals surface area contributed by atoms with Crippen LogP contribution in [0.4, 0.5) is 0 Å². The van der Waals surface area contributed by atoms with E-state index in [-0.39, 0.29) is 12.1 Å². The summed E-state index contributed by atoms with van der Waals surface area (Å²) in [6.07, 6.45) is 1.83. The molecule has 7 heteroatoms. The highest BCUT2D eigenvalue weighted by Crippen LogP contribution is 2.41. The lowest BCUT2D eigenvalue weighted by Gasteiger charge is -2.28. The molecule has 1 aliphatic rings. The molecule has 0 bridgehead atoms. The number of halogens is 1. The maximum atomic E-state index is 6.43. The molecule has 0 unspecified atom stereocenters. The van der Waals surface area contributed by atoms with Crippen LogP contribution in [0.1, 0.15) is 40.3 Å². The van der Waals surface area contributed by atoms with E-state index in [1.807, 2.05) is 36.5 Å². The maximum Gasteiger partial charge on any atom is 0.170 e. The zero-order valence-corrected chi connectivity index (χ0v) is 19.8. The molecule has 3 heterocycles. The monoisotopic (exact) mass is 454 g/mol. The first-order valence-electron chi connectivity index (χ1n) is 10.4. The van der Waals surface area contributed by atoms with Gasteiger partial charge in [-0.2, -0.15) is 0 Å². The molecule has 1 N–H and O–H groups in total. The number of ether oxygens (including phenoxy) is 1. The van der Waals surface area contributed by atoms with Gasteiger partial charge in [0.25, 0.3) is 0 Å². The van der Waals surface area contributed by atoms with Gasteiger partial charge >= 0.3 is 0 Å². The van der Waals surface area contributed by atoms with Crippen molar-refractivity contribution in [2.24, 2.45) is 0 Å². The molecule has 4 rings (SSSR count). The van der Waals surface area contributed by atoms with Crippen LogP contribution >= 0.6 is 23.8 Å². The third-order valence-electron chi connectivity index (χ3n) is 6.00. The predicted molar refractivity (Wildman–Crippen MR) is 129 cm³/mol. The van der Waals surface area contributed by atoms with E-state index >= 15 is 0 Å². The smallest absolute Gasteiger partial charge is 0.170 e. The minimum atomic E-state index is -0.0417. The number of thiocarbonyl (C=S) groups is 1. The fourth-order valence-electron chi connectivity index (χ4n) is 4.47. The second-order valence-electron chi connectivity index (χ2n) is 7.86. The van der Waals surface area contributed by atoms with Crippen LogP contribution in [0.2, 0.25) is 5.02 Å². The number of aryl methyl sites for hydroxylation is 1. The predicted octanol–water partition coefficient (Wildman–Crippen LogP) is 5.07. The van der Waals surface area contributed by atoms with E-state index in [1.54, 1.807) is 7.11 Å². The van der Waals surface area contributed by atoms with Gasteiger partial charge in [-0.1, -0.05) is 23.7 Å². The van der Waals surface area contributed by atoms with Crippen LogP contribution in [0.15, 0.2) is 48.7 Å². The second kappa shape index (κ2) is 8.99. The fraction of sp³-hybridized carbons (Fsp3) is 0.333. The SMILES string of the molecule is COCCN1C(=S)N[C@@H](c2ccccn2)[C@@H]1c1cc(C)n(-c2cccc(Cl)c2C)c1C. The average Bonchev–Trinajstić information content (AvgIpc) is 3.24. The number of aromatic nitrogens is 2. The molecule has 0 spiro atoms. The molecule has 0 amide bonds. The van der Waals surface area contributed by atoms with Crippen LogP contribution in [0.25, 0.3) is 5.69 Å². The number of hydrogen-bond acceptors (Lipinski definition) is 3. The van der Waals surface area contributed by atoms with E-state index in [1.165, 1.54) is 11.3 Å². The second-order valence-corrected chi connectivity index (χ2v) is 8.65. The molecule has 1 fully saturated rings. The lowest BCUT2D eigenvalue weighted by Crippen LogP contribution is -2.32. The first kappa shape index (κ1) is 21.8. The van der Waals surface area contributed by atoms with Gasteiger partial charge in [0, 0.05) is 41.9 Å². The van der Waals surface area contributed by atoms with Crippen LogP contribution in [0.5, 0.6) is 0 Å². The average molecular weight is 455 g/mol. The topological polar surface area (TPSA) is 42.3 Å². The number of rotatable bonds is 6. The standard InChI is InChI=1S/C24H27ClN4OS/c1-15-14-18(17(3)29(15)21-10-7-8-19(25)16(21)2)23-22(20-9-5-6-11-26-20)27-24(31)28(23)12-13-30-4/h5-11,14,22-23H,12-13H2,1-4H3,(H,27,31)/t22-,23-/m0/s1. The Morgan fingerprint density at radius 1 is 1.16 bits per heavy atom. The summed E-state index contributed by atoms with van der Waals surface area (Å²) in [5.41, 5.74) is 6.68. The van der Waals surface area contributed by atoms with Crippen molar-refractivity contribution in [1.82, 2.24) is 19.8 Å². The third kappa shape index (κ3) is 3.95. The molecule has 2 atom stereocenters. The molecule has 2 aromatic heterocycles. The first-order chi connectivity index (χ1) is 14.9. The Bertz CT molecular complexity index is 1100. The number of methoxy groups -OCH3 is 1. The Kier molecular flexibility index (Phi) is 6.32. The zero-order valence-electron chi connectivity index (χ0n) is 18.2. The number of benzene rings is 1. The summed E-state index contributed by atoms with van der Waals surface area (Å²) in [4.78, 5) is 6.84. The quantitative estimate of drug-likeness (QED) is 0.526. The highest BCUT2D eigenvalue weighted by molar-refractivity contribution is 7.80. The summed E-state index contributed by atoms with van der Waals surface area (Å²) < 4.78 is 7.65. The molecule has 162 valence electrons. The van der Waals surface area contributed by atoms with E-state index < -0.39 is 0 Å². The summed E-state index contributed by atoms with van der Waals surface area (Å²) in [5, 5.41) is 4.99. The van der Waals surface area contributed by atoms with Crippen molar-refractivity contribution in [3.63, 3.8) is 0 Å². The number of hydrogen-bond donors (Lipinski definition) is 1. The Labute approximate surface area is 194 Å². The molecular formula is C24H27ClN4OS. The van der Waals surface area contributed by atoms with Crippen molar-refractivity contribution in [2.75, 3.05) is 20.3 Å². The number of nitrogens with zero attached hydrogens (tertiary/aromatic N) is 3. The third-order valence-corrected chi connectivity index (χ3v) is 6.76. The highest BCUT2D eigenvalue weighted by atomic mass is 35.5. The summed E-state index contributed by atoms with van der Waals surface area (Å²) in [5.74, 6) is 0. The Morgan fingerprint density at radius 2 is 1.97 bits per heavy atom. The number of nitrogens with one attached hydrogen (secondary N) is 1. The van der Waals surface area contributed by atoms with Crippen molar-refractivity contribution >= 4 is 28.9 Å². The van der Waals surface area contributed by atoms with E-state index in [4.69, 9.17) is 28.6 Å². The van der Waals surface area contributed by atoms with Crippen LogP contribution < -0.4 is 5.32 Å². The number of pyridine rings is 1. The lowest BCUT2D eigenvalue weighted by molar-refractivity contribution is 0.164. The van der Waals surface area contributed by atoms with Crippen molar-refractivity contribution in [1.29, 1.82) is 0 Å². The van der Waals surface area contributed by atoms with Crippen molar-refractivity contribution < 1.29 is 4.74 Å². The molecule has 0 saturated carbocycles. The van der Waals surface area contributed by atoms with Crippen LogP contribution in [-0.4, -0.2) is 39.8 Å². The largest absolute Gasteiger partial charge is 0.383 e. The molecule has 0 aliphatic carbocycles. The van der Waals surface area contributed by atoms with Crippen LogP contribution in [0.3, 0.4) is 0 Å². The van der Waals surface area contributed by atoms with E-state index in [2.05, 4.69) is 52.7 Å². The van der Waals surface area contributed by atoms with Gasteiger partial charge in [0.05, 0.1) is 24.4 Å². The summed E-state index contributed by atoms with van der Waals surface area (Å²) in [6, 6.07) is 14.3. The van der Waals surface area contributed by atoms with Gasteiger partial charge in [0.15, 0.2) is 5.11 Å². The minimum Gasteiger partial charge on any atom is -0.383 e. The molecular weight excluding hydrogens is 428 g/mol. The minimum absolute atomic E-state index is 0.0111. The molecule has 1 aliphatic heterocycles. The first-order valence-corrected chi connectivity index (χ1v) is 11.1. The Hall–Kier alpha value is -2.41. The maximum absolute atomic E-state index is 6.43. The molecule has 1 aromatic carbocycles.